The molecule has 1 N–H and O–H groups in total. The molecular formula is C13H18O3S. The van der Waals surface area contributed by atoms with Crippen LogP contribution in [0.1, 0.15) is 31.2 Å². The maximum Gasteiger partial charge on any atom is 0.148 e. The SMILES string of the molecule is CS(=O)(=O)CC1(c2cccc(O)c2)CCCC1. The molecule has 1 aromatic rings. The van der Waals surface area contributed by atoms with Crippen LogP contribution in [0.2, 0.25) is 0 Å². The van der Waals surface area contributed by atoms with Gasteiger partial charge in [-0.2, -0.15) is 0 Å². The van der Waals surface area contributed by atoms with Gasteiger partial charge in [0.2, 0.25) is 0 Å². The Labute approximate surface area is 102 Å². The molecule has 0 radical (unpaired) electrons. The summed E-state index contributed by atoms with van der Waals surface area (Å²) in [5.74, 6) is 0.394. The average molecular weight is 254 g/mol. The number of hydrogen-bond donors (Lipinski definition) is 1. The van der Waals surface area contributed by atoms with Crippen LogP contribution in [0, 0.1) is 0 Å². The first kappa shape index (κ1) is 12.4. The average Bonchev–Trinajstić information content (AvgIpc) is 2.65. The molecule has 1 aliphatic rings. The highest BCUT2D eigenvalue weighted by Gasteiger charge is 2.38. The number of sulfone groups is 1. The molecule has 0 heterocycles. The molecule has 17 heavy (non-hydrogen) atoms. The van der Waals surface area contributed by atoms with Crippen LogP contribution < -0.4 is 0 Å². The zero-order chi connectivity index (χ0) is 12.5. The highest BCUT2D eigenvalue weighted by molar-refractivity contribution is 7.90. The van der Waals surface area contributed by atoms with Crippen molar-refractivity contribution in [3.05, 3.63) is 29.8 Å². The van der Waals surface area contributed by atoms with Gasteiger partial charge in [0.15, 0.2) is 0 Å². The van der Waals surface area contributed by atoms with E-state index in [4.69, 9.17) is 0 Å². The maximum absolute atomic E-state index is 11.6. The Morgan fingerprint density at radius 1 is 1.29 bits per heavy atom. The second-order valence-electron chi connectivity index (χ2n) is 5.11. The maximum atomic E-state index is 11.6. The van der Waals surface area contributed by atoms with E-state index in [0.717, 1.165) is 31.2 Å². The van der Waals surface area contributed by atoms with Crippen molar-refractivity contribution < 1.29 is 13.5 Å². The van der Waals surface area contributed by atoms with Crippen molar-refractivity contribution >= 4 is 9.84 Å². The second-order valence-corrected chi connectivity index (χ2v) is 7.25. The Kier molecular flexibility index (Phi) is 3.17. The van der Waals surface area contributed by atoms with Crippen molar-refractivity contribution in [2.45, 2.75) is 31.1 Å². The topological polar surface area (TPSA) is 54.4 Å². The van der Waals surface area contributed by atoms with Gasteiger partial charge < -0.3 is 5.11 Å². The van der Waals surface area contributed by atoms with E-state index in [0.29, 0.717) is 0 Å². The lowest BCUT2D eigenvalue weighted by molar-refractivity contribution is 0.458. The Bertz CT molecular complexity index is 499. The fourth-order valence-electron chi connectivity index (χ4n) is 2.91. The minimum atomic E-state index is -3.01. The number of aromatic hydroxyl groups is 1. The Balaban J connectivity index is 2.41. The minimum absolute atomic E-state index is 0.184. The van der Waals surface area contributed by atoms with Gasteiger partial charge in [0.25, 0.3) is 0 Å². The monoisotopic (exact) mass is 254 g/mol. The van der Waals surface area contributed by atoms with E-state index in [-0.39, 0.29) is 16.9 Å². The molecule has 0 atom stereocenters. The number of hydrogen-bond acceptors (Lipinski definition) is 3. The van der Waals surface area contributed by atoms with Crippen LogP contribution in [0.15, 0.2) is 24.3 Å². The lowest BCUT2D eigenvalue weighted by Gasteiger charge is -2.28. The van der Waals surface area contributed by atoms with Gasteiger partial charge in [-0.3, -0.25) is 0 Å². The third-order valence-corrected chi connectivity index (χ3v) is 4.63. The van der Waals surface area contributed by atoms with Gasteiger partial charge in [-0.1, -0.05) is 25.0 Å². The van der Waals surface area contributed by atoms with Crippen molar-refractivity contribution in [1.29, 1.82) is 0 Å². The van der Waals surface area contributed by atoms with E-state index < -0.39 is 9.84 Å². The molecule has 1 aromatic carbocycles. The number of phenolic OH excluding ortho intramolecular Hbond substituents is 1. The van der Waals surface area contributed by atoms with E-state index in [1.54, 1.807) is 18.2 Å². The van der Waals surface area contributed by atoms with Crippen LogP contribution in [0.5, 0.6) is 5.75 Å². The van der Waals surface area contributed by atoms with E-state index in [9.17, 15) is 13.5 Å². The van der Waals surface area contributed by atoms with Crippen LogP contribution in [0.3, 0.4) is 0 Å². The molecule has 1 aliphatic carbocycles. The van der Waals surface area contributed by atoms with E-state index in [1.807, 2.05) is 6.07 Å². The van der Waals surface area contributed by atoms with Crippen molar-refractivity contribution in [2.75, 3.05) is 12.0 Å². The molecule has 1 fully saturated rings. The van der Waals surface area contributed by atoms with Crippen molar-refractivity contribution in [1.82, 2.24) is 0 Å². The molecule has 0 amide bonds. The van der Waals surface area contributed by atoms with E-state index in [1.165, 1.54) is 6.26 Å². The molecular weight excluding hydrogens is 236 g/mol. The van der Waals surface area contributed by atoms with Gasteiger partial charge in [-0.15, -0.1) is 0 Å². The van der Waals surface area contributed by atoms with E-state index >= 15 is 0 Å². The van der Waals surface area contributed by atoms with Crippen molar-refractivity contribution in [2.24, 2.45) is 0 Å². The van der Waals surface area contributed by atoms with Gasteiger partial charge in [-0.05, 0) is 30.5 Å². The first-order valence-electron chi connectivity index (χ1n) is 5.89. The first-order chi connectivity index (χ1) is 7.91. The second kappa shape index (κ2) is 4.33. The summed E-state index contributed by atoms with van der Waals surface area (Å²) in [7, 11) is -3.01. The zero-order valence-corrected chi connectivity index (χ0v) is 10.8. The fraction of sp³-hybridized carbons (Fsp3) is 0.538. The van der Waals surface area contributed by atoms with Crippen LogP contribution in [-0.2, 0) is 15.3 Å². The molecule has 0 aliphatic heterocycles. The van der Waals surface area contributed by atoms with Gasteiger partial charge in [0.05, 0.1) is 5.75 Å². The zero-order valence-electron chi connectivity index (χ0n) is 10.0. The number of benzene rings is 1. The molecule has 0 unspecified atom stereocenters. The Morgan fingerprint density at radius 2 is 1.94 bits per heavy atom. The van der Waals surface area contributed by atoms with Gasteiger partial charge in [-0.25, -0.2) is 8.42 Å². The molecule has 0 aromatic heterocycles. The summed E-state index contributed by atoms with van der Waals surface area (Å²) in [4.78, 5) is 0. The Hall–Kier alpha value is -1.03. The fourth-order valence-corrected chi connectivity index (χ4v) is 4.36. The van der Waals surface area contributed by atoms with E-state index in [2.05, 4.69) is 0 Å². The molecule has 0 bridgehead atoms. The standard InChI is InChI=1S/C13H18O3S/c1-17(15,16)10-13(7-2-3-8-13)11-5-4-6-12(14)9-11/h4-6,9,14H,2-3,7-8,10H2,1H3. The van der Waals surface area contributed by atoms with Gasteiger partial charge in [0, 0.05) is 11.7 Å². The molecule has 0 saturated heterocycles. The molecule has 2 rings (SSSR count). The summed E-state index contributed by atoms with van der Waals surface area (Å²) in [6.45, 7) is 0. The van der Waals surface area contributed by atoms with Crippen LogP contribution in [-0.4, -0.2) is 25.5 Å². The quantitative estimate of drug-likeness (QED) is 0.900. The van der Waals surface area contributed by atoms with Gasteiger partial charge in [0.1, 0.15) is 15.6 Å². The van der Waals surface area contributed by atoms with Gasteiger partial charge >= 0.3 is 0 Å². The normalized spacial score (nSPS) is 19.4. The summed E-state index contributed by atoms with van der Waals surface area (Å²) >= 11 is 0. The molecule has 4 heteroatoms. The lowest BCUT2D eigenvalue weighted by atomic mass is 9.81. The van der Waals surface area contributed by atoms with Crippen LogP contribution in [0.25, 0.3) is 0 Å². The third-order valence-electron chi connectivity index (χ3n) is 3.56. The number of phenols is 1. The van der Waals surface area contributed by atoms with Crippen LogP contribution in [0.4, 0.5) is 0 Å². The smallest absolute Gasteiger partial charge is 0.148 e. The first-order valence-corrected chi connectivity index (χ1v) is 7.95. The lowest BCUT2D eigenvalue weighted by Crippen LogP contribution is -2.31. The van der Waals surface area contributed by atoms with Crippen molar-refractivity contribution in [3.8, 4) is 5.75 Å². The highest BCUT2D eigenvalue weighted by Crippen LogP contribution is 2.42. The molecule has 0 spiro atoms. The predicted octanol–water partition coefficient (Wildman–Crippen LogP) is 2.25. The van der Waals surface area contributed by atoms with Crippen LogP contribution >= 0.6 is 0 Å². The summed E-state index contributed by atoms with van der Waals surface area (Å²) in [5.41, 5.74) is 0.673. The molecule has 3 nitrogen and oxygen atoms in total. The Morgan fingerprint density at radius 3 is 2.47 bits per heavy atom. The number of rotatable bonds is 3. The predicted molar refractivity (Wildman–Crippen MR) is 68.0 cm³/mol. The summed E-state index contributed by atoms with van der Waals surface area (Å²) < 4.78 is 23.2. The largest absolute Gasteiger partial charge is 0.508 e. The summed E-state index contributed by atoms with van der Waals surface area (Å²) in [5, 5.41) is 9.54. The highest BCUT2D eigenvalue weighted by atomic mass is 32.2. The minimum Gasteiger partial charge on any atom is -0.508 e. The van der Waals surface area contributed by atoms with Crippen molar-refractivity contribution in [3.63, 3.8) is 0 Å². The molecule has 1 saturated carbocycles. The third kappa shape index (κ3) is 2.80. The summed E-state index contributed by atoms with van der Waals surface area (Å²) in [6.07, 6.45) is 5.19. The molecule has 94 valence electrons. The summed E-state index contributed by atoms with van der Waals surface area (Å²) in [6, 6.07) is 7.03.